The van der Waals surface area contributed by atoms with E-state index >= 15 is 0 Å². The van der Waals surface area contributed by atoms with E-state index in [0.29, 0.717) is 42.7 Å². The fourth-order valence-corrected chi connectivity index (χ4v) is 3.57. The SMILES string of the molecule is COc1cccc(-c2noc(C3CC(=O)N(Cc4ccc(OC)c(OC)c4)C3)n2)c1. The topological polar surface area (TPSA) is 86.9 Å². The van der Waals surface area contributed by atoms with E-state index in [4.69, 9.17) is 18.7 Å². The quantitative estimate of drug-likeness (QED) is 0.592. The van der Waals surface area contributed by atoms with Crippen molar-refractivity contribution < 1.29 is 23.5 Å². The van der Waals surface area contributed by atoms with Gasteiger partial charge >= 0.3 is 0 Å². The van der Waals surface area contributed by atoms with E-state index in [1.54, 1.807) is 26.2 Å². The van der Waals surface area contributed by atoms with Crippen molar-refractivity contribution in [1.82, 2.24) is 15.0 Å². The molecule has 0 radical (unpaired) electrons. The van der Waals surface area contributed by atoms with Crippen molar-refractivity contribution in [2.24, 2.45) is 0 Å². The van der Waals surface area contributed by atoms with Gasteiger partial charge in [0.2, 0.25) is 17.6 Å². The van der Waals surface area contributed by atoms with Crippen LogP contribution in [0.2, 0.25) is 0 Å². The summed E-state index contributed by atoms with van der Waals surface area (Å²) in [7, 11) is 4.79. The molecule has 0 spiro atoms. The second-order valence-electron chi connectivity index (χ2n) is 7.05. The van der Waals surface area contributed by atoms with Crippen LogP contribution in [0.15, 0.2) is 47.0 Å². The van der Waals surface area contributed by atoms with Crippen molar-refractivity contribution in [3.8, 4) is 28.6 Å². The summed E-state index contributed by atoms with van der Waals surface area (Å²) in [6.07, 6.45) is 0.340. The van der Waals surface area contributed by atoms with Gasteiger partial charge in [0.1, 0.15) is 5.75 Å². The first kappa shape index (κ1) is 19.8. The zero-order valence-electron chi connectivity index (χ0n) is 17.1. The molecule has 0 aliphatic carbocycles. The average molecular weight is 409 g/mol. The molecule has 8 heteroatoms. The molecule has 1 aliphatic rings. The Balaban J connectivity index is 1.47. The summed E-state index contributed by atoms with van der Waals surface area (Å²) in [6.45, 7) is 0.999. The molecule has 156 valence electrons. The number of rotatable bonds is 7. The highest BCUT2D eigenvalue weighted by Gasteiger charge is 2.34. The number of hydrogen-bond donors (Lipinski definition) is 0. The predicted octanol–water partition coefficient (Wildman–Crippen LogP) is 3.28. The van der Waals surface area contributed by atoms with E-state index in [2.05, 4.69) is 10.1 Å². The van der Waals surface area contributed by atoms with Gasteiger partial charge in [-0.25, -0.2) is 0 Å². The molecule has 1 saturated heterocycles. The average Bonchev–Trinajstić information content (AvgIpc) is 3.41. The first-order valence-electron chi connectivity index (χ1n) is 9.58. The van der Waals surface area contributed by atoms with Gasteiger partial charge in [0.25, 0.3) is 0 Å². The largest absolute Gasteiger partial charge is 0.497 e. The van der Waals surface area contributed by atoms with E-state index in [-0.39, 0.29) is 11.8 Å². The standard InChI is InChI=1S/C22H23N3O5/c1-27-17-6-4-5-15(10-17)21-23-22(30-24-21)16-11-20(26)25(13-16)12-14-7-8-18(28-2)19(9-14)29-3/h4-10,16H,11-13H2,1-3H3. The van der Waals surface area contributed by atoms with Gasteiger partial charge in [-0.3, -0.25) is 4.79 Å². The third-order valence-electron chi connectivity index (χ3n) is 5.15. The van der Waals surface area contributed by atoms with Crippen LogP contribution in [-0.4, -0.2) is 48.8 Å². The van der Waals surface area contributed by atoms with Gasteiger partial charge in [-0.05, 0) is 29.8 Å². The fourth-order valence-electron chi connectivity index (χ4n) is 3.57. The number of nitrogens with zero attached hydrogens (tertiary/aromatic N) is 3. The molecule has 2 aromatic carbocycles. The number of ether oxygens (including phenoxy) is 3. The maximum Gasteiger partial charge on any atom is 0.232 e. The van der Waals surface area contributed by atoms with Crippen LogP contribution in [0.1, 0.15) is 23.8 Å². The number of carbonyl (C=O) groups excluding carboxylic acids is 1. The lowest BCUT2D eigenvalue weighted by atomic mass is 10.1. The van der Waals surface area contributed by atoms with Crippen LogP contribution in [0.25, 0.3) is 11.4 Å². The molecule has 8 nitrogen and oxygen atoms in total. The third kappa shape index (κ3) is 3.94. The lowest BCUT2D eigenvalue weighted by molar-refractivity contribution is -0.128. The summed E-state index contributed by atoms with van der Waals surface area (Å²) >= 11 is 0. The van der Waals surface area contributed by atoms with Crippen LogP contribution in [0.4, 0.5) is 0 Å². The molecule has 1 fully saturated rings. The molecule has 1 aliphatic heterocycles. The Morgan fingerprint density at radius 3 is 2.67 bits per heavy atom. The fraction of sp³-hybridized carbons (Fsp3) is 0.318. The second kappa shape index (κ2) is 8.44. The monoisotopic (exact) mass is 409 g/mol. The summed E-state index contributed by atoms with van der Waals surface area (Å²) in [6, 6.07) is 13.1. The molecule has 1 unspecified atom stereocenters. The van der Waals surface area contributed by atoms with Crippen LogP contribution in [0, 0.1) is 0 Å². The maximum absolute atomic E-state index is 12.6. The summed E-state index contributed by atoms with van der Waals surface area (Å²) in [5.41, 5.74) is 1.76. The molecule has 0 bridgehead atoms. The molecule has 4 rings (SSSR count). The molecule has 1 atom stereocenters. The van der Waals surface area contributed by atoms with Crippen LogP contribution in [-0.2, 0) is 11.3 Å². The number of carbonyl (C=O) groups is 1. The minimum Gasteiger partial charge on any atom is -0.497 e. The Morgan fingerprint density at radius 2 is 1.90 bits per heavy atom. The molecule has 2 heterocycles. The third-order valence-corrected chi connectivity index (χ3v) is 5.15. The van der Waals surface area contributed by atoms with E-state index in [0.717, 1.165) is 16.9 Å². The number of hydrogen-bond acceptors (Lipinski definition) is 7. The van der Waals surface area contributed by atoms with Crippen molar-refractivity contribution in [2.75, 3.05) is 27.9 Å². The van der Waals surface area contributed by atoms with Gasteiger partial charge < -0.3 is 23.6 Å². The van der Waals surface area contributed by atoms with Gasteiger partial charge in [0.05, 0.1) is 27.2 Å². The van der Waals surface area contributed by atoms with Gasteiger partial charge in [0, 0.05) is 25.1 Å². The Morgan fingerprint density at radius 1 is 1.07 bits per heavy atom. The number of amides is 1. The molecular weight excluding hydrogens is 386 g/mol. The highest BCUT2D eigenvalue weighted by molar-refractivity contribution is 5.79. The zero-order valence-corrected chi connectivity index (χ0v) is 17.1. The first-order chi connectivity index (χ1) is 14.6. The second-order valence-corrected chi connectivity index (χ2v) is 7.05. The Hall–Kier alpha value is -3.55. The minimum absolute atomic E-state index is 0.0518. The Labute approximate surface area is 174 Å². The van der Waals surface area contributed by atoms with E-state index in [1.165, 1.54) is 0 Å². The Bertz CT molecular complexity index is 1050. The molecule has 0 N–H and O–H groups in total. The lowest BCUT2D eigenvalue weighted by Gasteiger charge is -2.17. The molecule has 1 amide bonds. The van der Waals surface area contributed by atoms with Crippen LogP contribution in [0.5, 0.6) is 17.2 Å². The van der Waals surface area contributed by atoms with Crippen molar-refractivity contribution in [2.45, 2.75) is 18.9 Å². The van der Waals surface area contributed by atoms with E-state index < -0.39 is 0 Å². The smallest absolute Gasteiger partial charge is 0.232 e. The predicted molar refractivity (Wildman–Crippen MR) is 109 cm³/mol. The maximum atomic E-state index is 12.6. The number of benzene rings is 2. The van der Waals surface area contributed by atoms with Crippen LogP contribution in [0.3, 0.4) is 0 Å². The van der Waals surface area contributed by atoms with Gasteiger partial charge in [0.15, 0.2) is 11.5 Å². The van der Waals surface area contributed by atoms with Crippen molar-refractivity contribution in [3.63, 3.8) is 0 Å². The van der Waals surface area contributed by atoms with Gasteiger partial charge in [-0.1, -0.05) is 23.4 Å². The zero-order chi connectivity index (χ0) is 21.1. The Kier molecular flexibility index (Phi) is 5.56. The molecular formula is C22H23N3O5. The summed E-state index contributed by atoms with van der Waals surface area (Å²) in [5, 5.41) is 4.08. The highest BCUT2D eigenvalue weighted by Crippen LogP contribution is 2.32. The number of aromatic nitrogens is 2. The molecule has 3 aromatic rings. The van der Waals surface area contributed by atoms with Gasteiger partial charge in [-0.2, -0.15) is 4.98 Å². The molecule has 30 heavy (non-hydrogen) atoms. The summed E-state index contributed by atoms with van der Waals surface area (Å²) in [4.78, 5) is 18.9. The normalized spacial score (nSPS) is 16.0. The van der Waals surface area contributed by atoms with Gasteiger partial charge in [-0.15, -0.1) is 0 Å². The van der Waals surface area contributed by atoms with Crippen LogP contribution < -0.4 is 14.2 Å². The van der Waals surface area contributed by atoms with Crippen molar-refractivity contribution in [3.05, 3.63) is 53.9 Å². The summed E-state index contributed by atoms with van der Waals surface area (Å²) < 4.78 is 21.3. The highest BCUT2D eigenvalue weighted by atomic mass is 16.5. The van der Waals surface area contributed by atoms with Crippen molar-refractivity contribution in [1.29, 1.82) is 0 Å². The first-order valence-corrected chi connectivity index (χ1v) is 9.58. The van der Waals surface area contributed by atoms with Crippen molar-refractivity contribution >= 4 is 5.91 Å². The lowest BCUT2D eigenvalue weighted by Crippen LogP contribution is -2.24. The number of likely N-dealkylation sites (tertiary alicyclic amines) is 1. The minimum atomic E-state index is -0.135. The molecule has 0 saturated carbocycles. The molecule has 1 aromatic heterocycles. The van der Waals surface area contributed by atoms with E-state index in [9.17, 15) is 4.79 Å². The summed E-state index contributed by atoms with van der Waals surface area (Å²) in [5.74, 6) is 2.88. The van der Waals surface area contributed by atoms with Crippen LogP contribution >= 0.6 is 0 Å². The van der Waals surface area contributed by atoms with E-state index in [1.807, 2.05) is 42.5 Å². The number of methoxy groups -OCH3 is 3.